The number of rotatable bonds is 6. The Hall–Kier alpha value is -2.55. The van der Waals surface area contributed by atoms with Gasteiger partial charge >= 0.3 is 0 Å². The highest BCUT2D eigenvalue weighted by atomic mass is 16.5. The highest BCUT2D eigenvalue weighted by Gasteiger charge is 2.02. The van der Waals surface area contributed by atoms with E-state index in [4.69, 9.17) is 4.74 Å². The molecule has 0 spiro atoms. The standard InChI is InChI=1S/C19H20O3/c1-14(2)13-22-18-5-3-4-15(12-18)6-11-19(21)16-7-9-17(20)10-8-16/h3-12,14,20H,13H2,1-2H3/b11-6+. The average molecular weight is 296 g/mol. The molecule has 0 radical (unpaired) electrons. The maximum atomic E-state index is 12.0. The summed E-state index contributed by atoms with van der Waals surface area (Å²) >= 11 is 0. The summed E-state index contributed by atoms with van der Waals surface area (Å²) in [7, 11) is 0. The van der Waals surface area contributed by atoms with Gasteiger partial charge in [-0.15, -0.1) is 0 Å². The van der Waals surface area contributed by atoms with E-state index >= 15 is 0 Å². The minimum Gasteiger partial charge on any atom is -0.508 e. The number of benzene rings is 2. The molecule has 0 saturated carbocycles. The Morgan fingerprint density at radius 2 is 1.91 bits per heavy atom. The molecule has 0 aliphatic heterocycles. The maximum absolute atomic E-state index is 12.0. The summed E-state index contributed by atoms with van der Waals surface area (Å²) in [6, 6.07) is 13.8. The largest absolute Gasteiger partial charge is 0.508 e. The quantitative estimate of drug-likeness (QED) is 0.637. The van der Waals surface area contributed by atoms with Gasteiger partial charge in [-0.2, -0.15) is 0 Å². The van der Waals surface area contributed by atoms with E-state index in [2.05, 4.69) is 13.8 Å². The lowest BCUT2D eigenvalue weighted by atomic mass is 10.1. The smallest absolute Gasteiger partial charge is 0.185 e. The molecule has 0 fully saturated rings. The first-order valence-electron chi connectivity index (χ1n) is 7.29. The van der Waals surface area contributed by atoms with Crippen LogP contribution in [0.15, 0.2) is 54.6 Å². The molecule has 1 N–H and O–H groups in total. The molecular weight excluding hydrogens is 276 g/mol. The molecule has 2 aromatic carbocycles. The number of phenolic OH excluding ortho intramolecular Hbond substituents is 1. The van der Waals surface area contributed by atoms with E-state index in [1.807, 2.05) is 24.3 Å². The molecule has 0 aromatic heterocycles. The van der Waals surface area contributed by atoms with Gasteiger partial charge in [-0.3, -0.25) is 4.79 Å². The number of carbonyl (C=O) groups is 1. The van der Waals surface area contributed by atoms with Gasteiger partial charge < -0.3 is 9.84 Å². The van der Waals surface area contributed by atoms with Crippen molar-refractivity contribution in [2.45, 2.75) is 13.8 Å². The molecule has 2 rings (SSSR count). The number of hydrogen-bond acceptors (Lipinski definition) is 3. The highest BCUT2D eigenvalue weighted by molar-refractivity contribution is 6.06. The lowest BCUT2D eigenvalue weighted by Gasteiger charge is -2.08. The summed E-state index contributed by atoms with van der Waals surface area (Å²) < 4.78 is 5.67. The van der Waals surface area contributed by atoms with Crippen molar-refractivity contribution < 1.29 is 14.6 Å². The molecular formula is C19H20O3. The van der Waals surface area contributed by atoms with Crippen LogP contribution < -0.4 is 4.74 Å². The van der Waals surface area contributed by atoms with Crippen molar-refractivity contribution in [1.82, 2.24) is 0 Å². The molecule has 114 valence electrons. The molecule has 0 aliphatic carbocycles. The van der Waals surface area contributed by atoms with Crippen molar-refractivity contribution in [3.8, 4) is 11.5 Å². The maximum Gasteiger partial charge on any atom is 0.185 e. The third kappa shape index (κ3) is 4.77. The van der Waals surface area contributed by atoms with Crippen molar-refractivity contribution in [3.63, 3.8) is 0 Å². The zero-order valence-corrected chi connectivity index (χ0v) is 12.8. The van der Waals surface area contributed by atoms with Gasteiger partial charge in [-0.05, 0) is 54.0 Å². The third-order valence-corrected chi connectivity index (χ3v) is 3.02. The molecule has 0 atom stereocenters. The summed E-state index contributed by atoms with van der Waals surface area (Å²) in [5.41, 5.74) is 1.45. The topological polar surface area (TPSA) is 46.5 Å². The van der Waals surface area contributed by atoms with Gasteiger partial charge in [0.15, 0.2) is 5.78 Å². The third-order valence-electron chi connectivity index (χ3n) is 3.02. The van der Waals surface area contributed by atoms with Crippen LogP contribution in [0.4, 0.5) is 0 Å². The molecule has 3 heteroatoms. The molecule has 3 nitrogen and oxygen atoms in total. The molecule has 0 heterocycles. The summed E-state index contributed by atoms with van der Waals surface area (Å²) in [5, 5.41) is 9.22. The summed E-state index contributed by atoms with van der Waals surface area (Å²) in [5.74, 6) is 1.31. The first kappa shape index (κ1) is 15.8. The van der Waals surface area contributed by atoms with Crippen LogP contribution >= 0.6 is 0 Å². The van der Waals surface area contributed by atoms with Gasteiger partial charge in [0, 0.05) is 5.56 Å². The van der Waals surface area contributed by atoms with Crippen LogP contribution in [0.1, 0.15) is 29.8 Å². The Balaban J connectivity index is 2.04. The molecule has 2 aromatic rings. The number of phenols is 1. The van der Waals surface area contributed by atoms with E-state index in [9.17, 15) is 9.90 Å². The van der Waals surface area contributed by atoms with E-state index < -0.39 is 0 Å². The van der Waals surface area contributed by atoms with E-state index in [1.54, 1.807) is 18.2 Å². The second-order valence-corrected chi connectivity index (χ2v) is 5.52. The van der Waals surface area contributed by atoms with Crippen LogP contribution in [0, 0.1) is 5.92 Å². The van der Waals surface area contributed by atoms with Crippen molar-refractivity contribution >= 4 is 11.9 Å². The van der Waals surface area contributed by atoms with Crippen LogP contribution in [0.2, 0.25) is 0 Å². The average Bonchev–Trinajstić information content (AvgIpc) is 2.52. The van der Waals surface area contributed by atoms with Crippen molar-refractivity contribution in [2.75, 3.05) is 6.61 Å². The SMILES string of the molecule is CC(C)COc1cccc(/C=C/C(=O)c2ccc(O)cc2)c1. The van der Waals surface area contributed by atoms with Crippen LogP contribution in [0.25, 0.3) is 6.08 Å². The van der Waals surface area contributed by atoms with Gasteiger partial charge in [0.05, 0.1) is 6.61 Å². The fraction of sp³-hybridized carbons (Fsp3) is 0.211. The molecule has 0 bridgehead atoms. The summed E-state index contributed by atoms with van der Waals surface area (Å²) in [6.07, 6.45) is 3.28. The number of allylic oxidation sites excluding steroid dienone is 1. The predicted molar refractivity (Wildman–Crippen MR) is 88.2 cm³/mol. The van der Waals surface area contributed by atoms with Crippen LogP contribution in [0.5, 0.6) is 11.5 Å². The lowest BCUT2D eigenvalue weighted by Crippen LogP contribution is -2.04. The van der Waals surface area contributed by atoms with E-state index in [-0.39, 0.29) is 11.5 Å². The van der Waals surface area contributed by atoms with Crippen molar-refractivity contribution in [2.24, 2.45) is 5.92 Å². The van der Waals surface area contributed by atoms with E-state index in [0.717, 1.165) is 11.3 Å². The Bertz CT molecular complexity index is 655. The van der Waals surface area contributed by atoms with E-state index in [1.165, 1.54) is 18.2 Å². The molecule has 0 amide bonds. The second-order valence-electron chi connectivity index (χ2n) is 5.52. The minimum atomic E-state index is -0.103. The van der Waals surface area contributed by atoms with Gasteiger partial charge in [0.1, 0.15) is 11.5 Å². The van der Waals surface area contributed by atoms with E-state index in [0.29, 0.717) is 18.1 Å². The lowest BCUT2D eigenvalue weighted by molar-refractivity contribution is 0.104. The number of ether oxygens (including phenoxy) is 1. The second kappa shape index (κ2) is 7.46. The van der Waals surface area contributed by atoms with Crippen LogP contribution in [0.3, 0.4) is 0 Å². The van der Waals surface area contributed by atoms with Crippen LogP contribution in [-0.4, -0.2) is 17.5 Å². The molecule has 22 heavy (non-hydrogen) atoms. The van der Waals surface area contributed by atoms with Crippen LogP contribution in [-0.2, 0) is 0 Å². The fourth-order valence-electron chi connectivity index (χ4n) is 1.86. The van der Waals surface area contributed by atoms with Crippen molar-refractivity contribution in [3.05, 3.63) is 65.7 Å². The van der Waals surface area contributed by atoms with Gasteiger partial charge in [0.2, 0.25) is 0 Å². The number of aromatic hydroxyl groups is 1. The zero-order valence-electron chi connectivity index (χ0n) is 12.8. The Kier molecular flexibility index (Phi) is 5.37. The fourth-order valence-corrected chi connectivity index (χ4v) is 1.86. The van der Waals surface area contributed by atoms with Gasteiger partial charge in [0.25, 0.3) is 0 Å². The molecule has 0 aliphatic rings. The van der Waals surface area contributed by atoms with Gasteiger partial charge in [-0.1, -0.05) is 32.1 Å². The Morgan fingerprint density at radius 3 is 2.59 bits per heavy atom. The molecule has 0 unspecified atom stereocenters. The first-order valence-corrected chi connectivity index (χ1v) is 7.29. The Morgan fingerprint density at radius 1 is 1.18 bits per heavy atom. The summed E-state index contributed by atoms with van der Waals surface area (Å²) in [4.78, 5) is 12.0. The molecule has 0 saturated heterocycles. The number of ketones is 1. The van der Waals surface area contributed by atoms with Crippen molar-refractivity contribution in [1.29, 1.82) is 0 Å². The number of carbonyl (C=O) groups excluding carboxylic acids is 1. The normalized spacial score (nSPS) is 11.0. The first-order chi connectivity index (χ1) is 10.5. The predicted octanol–water partition coefficient (Wildman–Crippen LogP) is 4.32. The number of hydrogen-bond donors (Lipinski definition) is 1. The zero-order chi connectivity index (χ0) is 15.9. The minimum absolute atomic E-state index is 0.103. The Labute approximate surface area is 130 Å². The monoisotopic (exact) mass is 296 g/mol. The highest BCUT2D eigenvalue weighted by Crippen LogP contribution is 2.16. The van der Waals surface area contributed by atoms with Gasteiger partial charge in [-0.25, -0.2) is 0 Å². The summed E-state index contributed by atoms with van der Waals surface area (Å²) in [6.45, 7) is 4.86.